The molecule has 7 heteroatoms. The third-order valence-corrected chi connectivity index (χ3v) is 3.88. The summed E-state index contributed by atoms with van der Waals surface area (Å²) in [6.07, 6.45) is 0. The summed E-state index contributed by atoms with van der Waals surface area (Å²) in [4.78, 5) is 4.26. The molecule has 0 amide bonds. The quantitative estimate of drug-likeness (QED) is 0.505. The number of rotatable bonds is 1. The Balaban J connectivity index is 1.87. The van der Waals surface area contributed by atoms with Crippen LogP contribution in [0.1, 0.15) is 0 Å². The van der Waals surface area contributed by atoms with E-state index in [0.29, 0.717) is 44.1 Å². The van der Waals surface area contributed by atoms with E-state index in [1.165, 1.54) is 0 Å². The Kier molecular flexibility index (Phi) is 2.35. The second-order valence-electron chi connectivity index (χ2n) is 5.16. The fourth-order valence-corrected chi connectivity index (χ4v) is 2.86. The molecular formula is C16H10N2O5. The Morgan fingerprint density at radius 1 is 0.913 bits per heavy atom. The van der Waals surface area contributed by atoms with Gasteiger partial charge in [-0.2, -0.15) is 4.73 Å². The molecule has 0 saturated heterocycles. The largest absolute Gasteiger partial charge is 0.708 e. The molecular weight excluding hydrogens is 300 g/mol. The van der Waals surface area contributed by atoms with Crippen molar-refractivity contribution in [1.29, 1.82) is 0 Å². The van der Waals surface area contributed by atoms with Gasteiger partial charge in [-0.1, -0.05) is 6.07 Å². The highest BCUT2D eigenvalue weighted by Gasteiger charge is 2.27. The van der Waals surface area contributed by atoms with Gasteiger partial charge in [0.1, 0.15) is 11.1 Å². The van der Waals surface area contributed by atoms with E-state index >= 15 is 0 Å². The lowest BCUT2D eigenvalue weighted by Crippen LogP contribution is -2.35. The summed E-state index contributed by atoms with van der Waals surface area (Å²) in [7, 11) is 0. The zero-order valence-electron chi connectivity index (χ0n) is 11.8. The minimum Gasteiger partial charge on any atom is -0.708 e. The van der Waals surface area contributed by atoms with Gasteiger partial charge in [0.25, 0.3) is 0 Å². The zero-order valence-corrected chi connectivity index (χ0v) is 11.8. The van der Waals surface area contributed by atoms with Gasteiger partial charge in [-0.05, 0) is 35.3 Å². The molecule has 7 nitrogen and oxygen atoms in total. The number of fused-ring (bicyclic) bond motifs is 4. The van der Waals surface area contributed by atoms with Crippen LogP contribution in [0, 0.1) is 5.21 Å². The first-order valence-corrected chi connectivity index (χ1v) is 7.03. The molecule has 0 N–H and O–H groups in total. The summed E-state index contributed by atoms with van der Waals surface area (Å²) in [6, 6.07) is 10.7. The van der Waals surface area contributed by atoms with Crippen LogP contribution in [-0.4, -0.2) is 18.6 Å². The van der Waals surface area contributed by atoms with Crippen molar-refractivity contribution in [3.63, 3.8) is 0 Å². The van der Waals surface area contributed by atoms with Crippen molar-refractivity contribution < 1.29 is 23.7 Å². The fraction of sp³-hybridized carbons (Fsp3) is 0.125. The van der Waals surface area contributed by atoms with E-state index < -0.39 is 0 Å². The zero-order chi connectivity index (χ0) is 15.4. The van der Waals surface area contributed by atoms with E-state index in [0.717, 1.165) is 0 Å². The Labute approximate surface area is 130 Å². The van der Waals surface area contributed by atoms with Crippen LogP contribution >= 0.6 is 0 Å². The highest BCUT2D eigenvalue weighted by atomic mass is 16.7. The molecule has 4 heterocycles. The maximum Gasteiger partial charge on any atom is 0.505 e. The van der Waals surface area contributed by atoms with Gasteiger partial charge in [0, 0.05) is 5.56 Å². The number of ether oxygens (including phenoxy) is 4. The molecule has 23 heavy (non-hydrogen) atoms. The van der Waals surface area contributed by atoms with Crippen molar-refractivity contribution in [2.45, 2.75) is 0 Å². The summed E-state index contributed by atoms with van der Waals surface area (Å²) >= 11 is 0. The molecule has 4 bridgehead atoms. The molecule has 0 saturated carbocycles. The van der Waals surface area contributed by atoms with Gasteiger partial charge >= 0.3 is 6.01 Å². The lowest BCUT2D eigenvalue weighted by atomic mass is 10.0. The van der Waals surface area contributed by atoms with Crippen LogP contribution in [0.4, 0.5) is 0 Å². The lowest BCUT2D eigenvalue weighted by molar-refractivity contribution is -0.604. The highest BCUT2D eigenvalue weighted by Crippen LogP contribution is 2.39. The summed E-state index contributed by atoms with van der Waals surface area (Å²) in [5.74, 6) is 1.81. The van der Waals surface area contributed by atoms with Crippen LogP contribution in [0.15, 0.2) is 36.4 Å². The van der Waals surface area contributed by atoms with Gasteiger partial charge in [0.2, 0.25) is 13.6 Å². The summed E-state index contributed by atoms with van der Waals surface area (Å²) in [6.45, 7) is 0.123. The van der Waals surface area contributed by atoms with Crippen molar-refractivity contribution in [3.05, 3.63) is 41.6 Å². The van der Waals surface area contributed by atoms with E-state index in [2.05, 4.69) is 4.98 Å². The first kappa shape index (κ1) is 12.3. The van der Waals surface area contributed by atoms with Gasteiger partial charge in [-0.15, -0.1) is 0 Å². The van der Waals surface area contributed by atoms with E-state index in [1.54, 1.807) is 24.3 Å². The van der Waals surface area contributed by atoms with Crippen LogP contribution in [0.25, 0.3) is 22.2 Å². The second kappa shape index (κ2) is 4.39. The predicted molar refractivity (Wildman–Crippen MR) is 78.4 cm³/mol. The molecule has 0 fully saturated rings. The van der Waals surface area contributed by atoms with E-state index in [1.807, 2.05) is 12.1 Å². The molecule has 0 atom stereocenters. The van der Waals surface area contributed by atoms with Crippen molar-refractivity contribution in [2.75, 3.05) is 13.6 Å². The van der Waals surface area contributed by atoms with Gasteiger partial charge in [0.15, 0.2) is 22.7 Å². The standard InChI is InChI=1S/C16H10N2O5/c19-18-15(9-4-5-11-13(6-9)22-7-20-11)14-10-2-1-3-12(14)21-8-23-16(18)17-10/h1-6H,7-8H2. The molecule has 2 aromatic carbocycles. The number of benzene rings is 2. The average Bonchev–Trinajstić information content (AvgIpc) is 3.02. The summed E-state index contributed by atoms with van der Waals surface area (Å²) in [5.41, 5.74) is 1.73. The smallest absolute Gasteiger partial charge is 0.505 e. The van der Waals surface area contributed by atoms with Crippen LogP contribution < -0.4 is 23.7 Å². The fourth-order valence-electron chi connectivity index (χ4n) is 2.86. The third kappa shape index (κ3) is 1.70. The maximum absolute atomic E-state index is 12.7. The van der Waals surface area contributed by atoms with E-state index in [-0.39, 0.29) is 19.6 Å². The van der Waals surface area contributed by atoms with Crippen LogP contribution in [0.5, 0.6) is 23.3 Å². The minimum atomic E-state index is -0.0531. The summed E-state index contributed by atoms with van der Waals surface area (Å²) in [5, 5.41) is 13.3. The molecule has 6 rings (SSSR count). The third-order valence-electron chi connectivity index (χ3n) is 3.88. The molecule has 3 aliphatic heterocycles. The molecule has 0 spiro atoms. The first-order chi connectivity index (χ1) is 11.3. The Bertz CT molecular complexity index is 957. The molecule has 114 valence electrons. The SMILES string of the molecule is [O-][n+]1c2nc3cccc(c3c1-c1ccc3c(c1)OCO3)OCO2. The molecule has 3 aromatic rings. The lowest BCUT2D eigenvalue weighted by Gasteiger charge is -2.19. The molecule has 0 radical (unpaired) electrons. The number of aromatic nitrogens is 2. The predicted octanol–water partition coefficient (Wildman–Crippen LogP) is 1.99. The van der Waals surface area contributed by atoms with Crippen LogP contribution in [0.2, 0.25) is 0 Å². The van der Waals surface area contributed by atoms with Crippen molar-refractivity contribution in [3.8, 4) is 34.5 Å². The Morgan fingerprint density at radius 2 is 1.74 bits per heavy atom. The first-order valence-electron chi connectivity index (χ1n) is 7.03. The van der Waals surface area contributed by atoms with Gasteiger partial charge in [-0.3, -0.25) is 0 Å². The van der Waals surface area contributed by atoms with Gasteiger partial charge in [-0.25, -0.2) is 0 Å². The van der Waals surface area contributed by atoms with Crippen molar-refractivity contribution in [2.24, 2.45) is 0 Å². The molecule has 3 aliphatic rings. The summed E-state index contributed by atoms with van der Waals surface area (Å²) < 4.78 is 22.3. The second-order valence-corrected chi connectivity index (χ2v) is 5.16. The normalized spacial score (nSPS) is 14.4. The van der Waals surface area contributed by atoms with Crippen molar-refractivity contribution >= 4 is 10.9 Å². The Hall–Kier alpha value is -3.22. The molecule has 0 unspecified atom stereocenters. The minimum absolute atomic E-state index is 0.0398. The van der Waals surface area contributed by atoms with E-state index in [4.69, 9.17) is 18.9 Å². The van der Waals surface area contributed by atoms with Gasteiger partial charge in [0.05, 0.1) is 0 Å². The topological polar surface area (TPSA) is 76.8 Å². The number of hydrogen-bond acceptors (Lipinski definition) is 6. The number of nitrogens with zero attached hydrogens (tertiary/aromatic N) is 2. The maximum atomic E-state index is 12.7. The number of hydrogen-bond donors (Lipinski definition) is 0. The monoisotopic (exact) mass is 310 g/mol. The average molecular weight is 310 g/mol. The molecule has 1 aromatic heterocycles. The molecule has 0 aliphatic carbocycles. The van der Waals surface area contributed by atoms with Crippen LogP contribution in [0.3, 0.4) is 0 Å². The van der Waals surface area contributed by atoms with Gasteiger partial charge < -0.3 is 24.2 Å². The van der Waals surface area contributed by atoms with E-state index in [9.17, 15) is 5.21 Å². The highest BCUT2D eigenvalue weighted by molar-refractivity contribution is 5.96. The van der Waals surface area contributed by atoms with Crippen molar-refractivity contribution in [1.82, 2.24) is 4.98 Å². The van der Waals surface area contributed by atoms with Crippen LogP contribution in [-0.2, 0) is 0 Å². The Morgan fingerprint density at radius 3 is 2.70 bits per heavy atom.